The van der Waals surface area contributed by atoms with E-state index in [2.05, 4.69) is 5.16 Å². The Hall–Kier alpha value is -2.21. The maximum absolute atomic E-state index is 13.1. The predicted molar refractivity (Wildman–Crippen MR) is 93.8 cm³/mol. The number of carbonyl (C=O) groups is 1. The molecular weight excluding hydrogens is 335 g/mol. The Labute approximate surface area is 152 Å². The Morgan fingerprint density at radius 1 is 1.12 bits per heavy atom. The molecular formula is C20H23FN2O3. The lowest BCUT2D eigenvalue weighted by atomic mass is 10.0. The molecule has 0 radical (unpaired) electrons. The lowest BCUT2D eigenvalue weighted by Crippen LogP contribution is -2.41. The van der Waals surface area contributed by atoms with E-state index < -0.39 is 0 Å². The number of hydrogen-bond acceptors (Lipinski definition) is 4. The molecule has 6 heteroatoms. The Bertz CT molecular complexity index is 753. The average Bonchev–Trinajstić information content (AvgIpc) is 3.30. The molecule has 2 aliphatic heterocycles. The van der Waals surface area contributed by atoms with Crippen LogP contribution in [0.3, 0.4) is 0 Å². The minimum absolute atomic E-state index is 0.0701. The van der Waals surface area contributed by atoms with Gasteiger partial charge in [0.25, 0.3) is 5.91 Å². The molecule has 2 aromatic rings. The van der Waals surface area contributed by atoms with Crippen molar-refractivity contribution in [1.29, 1.82) is 0 Å². The SMILES string of the molecule is O=C([C@H]1CCCO1)N1CCCCC[C@H]1c1cc(-c2ccc(F)cc2)on1. The van der Waals surface area contributed by atoms with Crippen molar-refractivity contribution in [2.45, 2.75) is 50.7 Å². The van der Waals surface area contributed by atoms with Gasteiger partial charge in [0.1, 0.15) is 17.6 Å². The second-order valence-electron chi connectivity index (χ2n) is 7.02. The summed E-state index contributed by atoms with van der Waals surface area (Å²) in [4.78, 5) is 14.9. The number of nitrogens with zero attached hydrogens (tertiary/aromatic N) is 2. The molecule has 0 aliphatic carbocycles. The van der Waals surface area contributed by atoms with Gasteiger partial charge in [0.2, 0.25) is 0 Å². The van der Waals surface area contributed by atoms with Gasteiger partial charge in [0.15, 0.2) is 5.76 Å². The summed E-state index contributed by atoms with van der Waals surface area (Å²) in [6.07, 6.45) is 5.44. The summed E-state index contributed by atoms with van der Waals surface area (Å²) in [7, 11) is 0. The summed E-state index contributed by atoms with van der Waals surface area (Å²) < 4.78 is 24.2. The van der Waals surface area contributed by atoms with Gasteiger partial charge in [0, 0.05) is 24.8 Å². The van der Waals surface area contributed by atoms with Crippen molar-refractivity contribution >= 4 is 5.91 Å². The zero-order chi connectivity index (χ0) is 17.9. The van der Waals surface area contributed by atoms with Gasteiger partial charge in [-0.15, -0.1) is 0 Å². The molecule has 2 atom stereocenters. The molecule has 138 valence electrons. The molecule has 2 aliphatic rings. The molecule has 0 bridgehead atoms. The zero-order valence-corrected chi connectivity index (χ0v) is 14.7. The largest absolute Gasteiger partial charge is 0.368 e. The summed E-state index contributed by atoms with van der Waals surface area (Å²) in [5, 5.41) is 4.24. The maximum atomic E-state index is 13.1. The number of rotatable bonds is 3. The number of amides is 1. The minimum Gasteiger partial charge on any atom is -0.368 e. The van der Waals surface area contributed by atoms with Crippen molar-refractivity contribution in [1.82, 2.24) is 10.1 Å². The first-order valence-electron chi connectivity index (χ1n) is 9.37. The number of likely N-dealkylation sites (tertiary alicyclic amines) is 1. The fourth-order valence-corrected chi connectivity index (χ4v) is 3.83. The van der Waals surface area contributed by atoms with E-state index in [-0.39, 0.29) is 23.9 Å². The fourth-order valence-electron chi connectivity index (χ4n) is 3.83. The average molecular weight is 358 g/mol. The Balaban J connectivity index is 1.58. The molecule has 0 saturated carbocycles. The third-order valence-electron chi connectivity index (χ3n) is 5.24. The number of benzene rings is 1. The van der Waals surface area contributed by atoms with Crippen LogP contribution in [0.4, 0.5) is 4.39 Å². The van der Waals surface area contributed by atoms with Crippen molar-refractivity contribution in [3.05, 3.63) is 41.8 Å². The molecule has 26 heavy (non-hydrogen) atoms. The highest BCUT2D eigenvalue weighted by Gasteiger charge is 2.35. The summed E-state index contributed by atoms with van der Waals surface area (Å²) in [5.41, 5.74) is 1.54. The highest BCUT2D eigenvalue weighted by Crippen LogP contribution is 2.33. The zero-order valence-electron chi connectivity index (χ0n) is 14.7. The van der Waals surface area contributed by atoms with E-state index in [9.17, 15) is 9.18 Å². The number of carbonyl (C=O) groups excluding carboxylic acids is 1. The van der Waals surface area contributed by atoms with E-state index >= 15 is 0 Å². The van der Waals surface area contributed by atoms with E-state index in [0.717, 1.165) is 56.3 Å². The molecule has 0 N–H and O–H groups in total. The smallest absolute Gasteiger partial charge is 0.252 e. The molecule has 3 heterocycles. The number of ether oxygens (including phenoxy) is 1. The van der Waals surface area contributed by atoms with E-state index in [0.29, 0.717) is 12.4 Å². The second kappa shape index (κ2) is 7.58. The highest BCUT2D eigenvalue weighted by atomic mass is 19.1. The van der Waals surface area contributed by atoms with Crippen LogP contribution >= 0.6 is 0 Å². The highest BCUT2D eigenvalue weighted by molar-refractivity contribution is 5.81. The van der Waals surface area contributed by atoms with Crippen LogP contribution in [0.25, 0.3) is 11.3 Å². The van der Waals surface area contributed by atoms with E-state index in [1.807, 2.05) is 11.0 Å². The predicted octanol–water partition coefficient (Wildman–Crippen LogP) is 4.10. The molecule has 1 amide bonds. The van der Waals surface area contributed by atoms with Crippen LogP contribution in [0.5, 0.6) is 0 Å². The summed E-state index contributed by atoms with van der Waals surface area (Å²) in [5.74, 6) is 0.375. The van der Waals surface area contributed by atoms with Crippen molar-refractivity contribution in [3.8, 4) is 11.3 Å². The molecule has 2 saturated heterocycles. The van der Waals surface area contributed by atoms with Crippen LogP contribution in [0.1, 0.15) is 50.3 Å². The monoisotopic (exact) mass is 358 g/mol. The summed E-state index contributed by atoms with van der Waals surface area (Å²) in [6.45, 7) is 1.38. The lowest BCUT2D eigenvalue weighted by Gasteiger charge is -2.30. The molecule has 4 rings (SSSR count). The van der Waals surface area contributed by atoms with Gasteiger partial charge in [-0.1, -0.05) is 18.0 Å². The second-order valence-corrected chi connectivity index (χ2v) is 7.02. The van der Waals surface area contributed by atoms with Gasteiger partial charge in [0.05, 0.1) is 6.04 Å². The first-order valence-corrected chi connectivity index (χ1v) is 9.37. The van der Waals surface area contributed by atoms with E-state index in [4.69, 9.17) is 9.26 Å². The summed E-state index contributed by atoms with van der Waals surface area (Å²) >= 11 is 0. The van der Waals surface area contributed by atoms with Crippen LogP contribution in [0, 0.1) is 5.82 Å². The van der Waals surface area contributed by atoms with Crippen molar-refractivity contribution in [2.24, 2.45) is 0 Å². The van der Waals surface area contributed by atoms with Crippen molar-refractivity contribution in [3.63, 3.8) is 0 Å². The van der Waals surface area contributed by atoms with E-state index in [1.165, 1.54) is 12.1 Å². The first kappa shape index (κ1) is 17.2. The molecule has 0 unspecified atom stereocenters. The van der Waals surface area contributed by atoms with Crippen molar-refractivity contribution < 1.29 is 18.4 Å². The van der Waals surface area contributed by atoms with Gasteiger partial charge < -0.3 is 14.2 Å². The summed E-state index contributed by atoms with van der Waals surface area (Å²) in [6, 6.07) is 7.92. The Morgan fingerprint density at radius 3 is 2.73 bits per heavy atom. The topological polar surface area (TPSA) is 55.6 Å². The normalized spacial score (nSPS) is 23.8. The molecule has 1 aromatic heterocycles. The number of aromatic nitrogens is 1. The standard InChI is InChI=1S/C20H23FN2O3/c21-15-9-7-14(8-10-15)19-13-16(22-26-19)17-5-2-1-3-11-23(17)20(24)18-6-4-12-25-18/h7-10,13,17-18H,1-6,11-12H2/t17-,18+/m0/s1. The minimum atomic E-state index is -0.320. The third kappa shape index (κ3) is 3.51. The Morgan fingerprint density at radius 2 is 1.96 bits per heavy atom. The van der Waals surface area contributed by atoms with E-state index in [1.54, 1.807) is 12.1 Å². The first-order chi connectivity index (χ1) is 12.7. The third-order valence-corrected chi connectivity index (χ3v) is 5.24. The Kier molecular flexibility index (Phi) is 5.02. The molecule has 1 aromatic carbocycles. The number of hydrogen-bond donors (Lipinski definition) is 0. The fraction of sp³-hybridized carbons (Fsp3) is 0.500. The maximum Gasteiger partial charge on any atom is 0.252 e. The van der Waals surface area contributed by atoms with Gasteiger partial charge in [-0.3, -0.25) is 4.79 Å². The molecule has 5 nitrogen and oxygen atoms in total. The van der Waals surface area contributed by atoms with Crippen LogP contribution in [-0.2, 0) is 9.53 Å². The van der Waals surface area contributed by atoms with Crippen LogP contribution in [-0.4, -0.2) is 35.2 Å². The van der Waals surface area contributed by atoms with Gasteiger partial charge in [-0.25, -0.2) is 4.39 Å². The number of halogens is 1. The van der Waals surface area contributed by atoms with Gasteiger partial charge in [-0.2, -0.15) is 0 Å². The van der Waals surface area contributed by atoms with Crippen LogP contribution < -0.4 is 0 Å². The lowest BCUT2D eigenvalue weighted by molar-refractivity contribution is -0.143. The van der Waals surface area contributed by atoms with Gasteiger partial charge >= 0.3 is 0 Å². The van der Waals surface area contributed by atoms with Crippen LogP contribution in [0.2, 0.25) is 0 Å². The molecule has 0 spiro atoms. The molecule has 2 fully saturated rings. The van der Waals surface area contributed by atoms with Crippen molar-refractivity contribution in [2.75, 3.05) is 13.2 Å². The quantitative estimate of drug-likeness (QED) is 0.829. The van der Waals surface area contributed by atoms with Gasteiger partial charge in [-0.05, 0) is 49.9 Å². The van der Waals surface area contributed by atoms with Crippen LogP contribution in [0.15, 0.2) is 34.9 Å².